The Labute approximate surface area is 137 Å². The molecular formula is C13H20Br2N2O2S. The number of nitrogens with zero attached hydrogens (tertiary/aromatic N) is 2. The molecule has 4 nitrogen and oxygen atoms in total. The zero-order valence-corrected chi connectivity index (χ0v) is 15.8. The maximum atomic E-state index is 11.8. The lowest BCUT2D eigenvalue weighted by Crippen LogP contribution is -2.38. The van der Waals surface area contributed by atoms with Gasteiger partial charge in [-0.2, -0.15) is 5.10 Å². The number of halogens is 2. The highest BCUT2D eigenvalue weighted by atomic mass is 79.9. The molecule has 7 heteroatoms. The Kier molecular flexibility index (Phi) is 5.02. The number of sulfone groups is 1. The number of hydrogen-bond donors (Lipinski definition) is 0. The fourth-order valence-electron chi connectivity index (χ4n) is 2.96. The maximum absolute atomic E-state index is 11.8. The highest BCUT2D eigenvalue weighted by molar-refractivity contribution is 9.09. The van der Waals surface area contributed by atoms with E-state index in [1.54, 1.807) is 0 Å². The van der Waals surface area contributed by atoms with Gasteiger partial charge in [-0.3, -0.25) is 4.68 Å². The van der Waals surface area contributed by atoms with Gasteiger partial charge in [0.2, 0.25) is 0 Å². The molecule has 0 bridgehead atoms. The molecule has 0 N–H and O–H groups in total. The van der Waals surface area contributed by atoms with Gasteiger partial charge in [-0.05, 0) is 37.2 Å². The largest absolute Gasteiger partial charge is 0.272 e. The number of aromatic nitrogens is 2. The molecule has 0 saturated carbocycles. The maximum Gasteiger partial charge on any atom is 0.150 e. The molecule has 1 unspecified atom stereocenters. The van der Waals surface area contributed by atoms with Crippen molar-refractivity contribution in [3.63, 3.8) is 0 Å². The molecule has 114 valence electrons. The van der Waals surface area contributed by atoms with Crippen LogP contribution in [0.3, 0.4) is 0 Å². The Morgan fingerprint density at radius 2 is 2.10 bits per heavy atom. The van der Waals surface area contributed by atoms with Gasteiger partial charge in [-0.1, -0.05) is 31.9 Å². The summed E-state index contributed by atoms with van der Waals surface area (Å²) in [5, 5.41) is 5.96. The predicted molar refractivity (Wildman–Crippen MR) is 88.4 cm³/mol. The summed E-state index contributed by atoms with van der Waals surface area (Å²) in [6.07, 6.45) is 1.59. The molecule has 1 saturated heterocycles. The molecule has 2 heterocycles. The van der Waals surface area contributed by atoms with Gasteiger partial charge in [0.15, 0.2) is 9.84 Å². The highest BCUT2D eigenvalue weighted by Crippen LogP contribution is 2.41. The van der Waals surface area contributed by atoms with Crippen LogP contribution in [0.1, 0.15) is 17.8 Å². The summed E-state index contributed by atoms with van der Waals surface area (Å²) in [6.45, 7) is 1.98. The zero-order valence-electron chi connectivity index (χ0n) is 11.8. The van der Waals surface area contributed by atoms with E-state index in [0.717, 1.165) is 34.9 Å². The average Bonchev–Trinajstić information content (AvgIpc) is 2.89. The van der Waals surface area contributed by atoms with Crippen LogP contribution < -0.4 is 0 Å². The van der Waals surface area contributed by atoms with E-state index in [1.165, 1.54) is 0 Å². The third-order valence-corrected chi connectivity index (χ3v) is 8.26. The molecule has 1 aliphatic rings. The van der Waals surface area contributed by atoms with Crippen molar-refractivity contribution in [2.75, 3.05) is 22.2 Å². The van der Waals surface area contributed by atoms with E-state index < -0.39 is 9.84 Å². The minimum absolute atomic E-state index is 0.0796. The SMILES string of the molecule is Cc1cc(CC(CBr)(CBr)C2CCS(=O)(=O)C2)n(C)n1. The van der Waals surface area contributed by atoms with E-state index in [4.69, 9.17) is 0 Å². The van der Waals surface area contributed by atoms with Crippen LogP contribution in [0.15, 0.2) is 6.07 Å². The van der Waals surface area contributed by atoms with Crippen LogP contribution in [-0.2, 0) is 23.3 Å². The van der Waals surface area contributed by atoms with Crippen molar-refractivity contribution in [2.24, 2.45) is 18.4 Å². The third kappa shape index (κ3) is 3.30. The second kappa shape index (κ2) is 6.08. The summed E-state index contributed by atoms with van der Waals surface area (Å²) in [6, 6.07) is 2.09. The Hall–Kier alpha value is 0.120. The zero-order chi connectivity index (χ0) is 15.0. The lowest BCUT2D eigenvalue weighted by atomic mass is 9.75. The molecule has 1 aromatic heterocycles. The summed E-state index contributed by atoms with van der Waals surface area (Å²) in [5.74, 6) is 0.826. The first kappa shape index (κ1) is 16.5. The predicted octanol–water partition coefficient (Wildman–Crippen LogP) is 2.48. The molecule has 0 radical (unpaired) electrons. The first-order valence-electron chi connectivity index (χ1n) is 6.64. The summed E-state index contributed by atoms with van der Waals surface area (Å²) < 4.78 is 25.5. The van der Waals surface area contributed by atoms with Crippen LogP contribution in [0.2, 0.25) is 0 Å². The van der Waals surface area contributed by atoms with Crippen molar-refractivity contribution in [3.8, 4) is 0 Å². The smallest absolute Gasteiger partial charge is 0.150 e. The van der Waals surface area contributed by atoms with E-state index in [9.17, 15) is 8.42 Å². The van der Waals surface area contributed by atoms with Gasteiger partial charge >= 0.3 is 0 Å². The fourth-order valence-corrected chi connectivity index (χ4v) is 7.15. The lowest BCUT2D eigenvalue weighted by Gasteiger charge is -2.35. The molecule has 1 aliphatic heterocycles. The minimum atomic E-state index is -2.86. The van der Waals surface area contributed by atoms with Gasteiger partial charge < -0.3 is 0 Å². The molecule has 20 heavy (non-hydrogen) atoms. The number of rotatable bonds is 5. The van der Waals surface area contributed by atoms with E-state index in [0.29, 0.717) is 11.5 Å². The quantitative estimate of drug-likeness (QED) is 0.678. The van der Waals surface area contributed by atoms with Crippen LogP contribution in [0, 0.1) is 18.3 Å². The van der Waals surface area contributed by atoms with Crippen molar-refractivity contribution >= 4 is 41.7 Å². The third-order valence-electron chi connectivity index (χ3n) is 4.26. The number of hydrogen-bond acceptors (Lipinski definition) is 3. The van der Waals surface area contributed by atoms with Crippen LogP contribution >= 0.6 is 31.9 Å². The van der Waals surface area contributed by atoms with Crippen LogP contribution in [-0.4, -0.2) is 40.4 Å². The van der Waals surface area contributed by atoms with Gasteiger partial charge in [-0.15, -0.1) is 0 Å². The van der Waals surface area contributed by atoms with Crippen LogP contribution in [0.4, 0.5) is 0 Å². The molecular weight excluding hydrogens is 408 g/mol. The van der Waals surface area contributed by atoms with Crippen LogP contribution in [0.5, 0.6) is 0 Å². The van der Waals surface area contributed by atoms with E-state index in [1.807, 2.05) is 18.7 Å². The highest BCUT2D eigenvalue weighted by Gasteiger charge is 2.43. The topological polar surface area (TPSA) is 52.0 Å². The van der Waals surface area contributed by atoms with Crippen molar-refractivity contribution in [1.29, 1.82) is 0 Å². The summed E-state index contributed by atoms with van der Waals surface area (Å²) >= 11 is 7.23. The second-order valence-electron chi connectivity index (χ2n) is 5.81. The van der Waals surface area contributed by atoms with Gasteiger partial charge in [0, 0.05) is 23.4 Å². The normalized spacial score (nSPS) is 22.3. The van der Waals surface area contributed by atoms with Crippen molar-refractivity contribution in [3.05, 3.63) is 17.5 Å². The molecule has 0 spiro atoms. The van der Waals surface area contributed by atoms with E-state index >= 15 is 0 Å². The van der Waals surface area contributed by atoms with Gasteiger partial charge in [-0.25, -0.2) is 8.42 Å². The molecule has 1 fully saturated rings. The fraction of sp³-hybridized carbons (Fsp3) is 0.769. The van der Waals surface area contributed by atoms with E-state index in [-0.39, 0.29) is 11.3 Å². The standard InChI is InChI=1S/C13H20Br2N2O2S/c1-10-5-12(17(2)16-10)6-13(8-14,9-15)11-3-4-20(18,19)7-11/h5,11H,3-4,6-9H2,1-2H3. The minimum Gasteiger partial charge on any atom is -0.272 e. The molecule has 0 aromatic carbocycles. The monoisotopic (exact) mass is 426 g/mol. The Balaban J connectivity index is 2.28. The van der Waals surface area contributed by atoms with Crippen molar-refractivity contribution in [1.82, 2.24) is 9.78 Å². The summed E-state index contributed by atoms with van der Waals surface area (Å²) in [5.41, 5.74) is 2.08. The average molecular weight is 428 g/mol. The summed E-state index contributed by atoms with van der Waals surface area (Å²) in [4.78, 5) is 0. The van der Waals surface area contributed by atoms with Gasteiger partial charge in [0.05, 0.1) is 17.2 Å². The summed E-state index contributed by atoms with van der Waals surface area (Å²) in [7, 11) is -0.915. The Bertz CT molecular complexity index is 579. The number of aryl methyl sites for hydroxylation is 2. The first-order valence-corrected chi connectivity index (χ1v) is 10.7. The van der Waals surface area contributed by atoms with Gasteiger partial charge in [0.25, 0.3) is 0 Å². The number of alkyl halides is 2. The lowest BCUT2D eigenvalue weighted by molar-refractivity contribution is 0.248. The van der Waals surface area contributed by atoms with Gasteiger partial charge in [0.1, 0.15) is 0 Å². The first-order chi connectivity index (χ1) is 9.32. The molecule has 0 aliphatic carbocycles. The van der Waals surface area contributed by atoms with Crippen LogP contribution in [0.25, 0.3) is 0 Å². The van der Waals surface area contributed by atoms with Crippen molar-refractivity contribution < 1.29 is 8.42 Å². The Morgan fingerprint density at radius 3 is 2.50 bits per heavy atom. The Morgan fingerprint density at radius 1 is 1.45 bits per heavy atom. The van der Waals surface area contributed by atoms with E-state index in [2.05, 4.69) is 43.0 Å². The molecule has 1 atom stereocenters. The molecule has 2 rings (SSSR count). The molecule has 0 amide bonds. The molecule has 1 aromatic rings. The second-order valence-corrected chi connectivity index (χ2v) is 9.16. The van der Waals surface area contributed by atoms with Crippen molar-refractivity contribution in [2.45, 2.75) is 19.8 Å².